The zero-order valence-corrected chi connectivity index (χ0v) is 18.3. The molecule has 0 bridgehead atoms. The first-order valence-electron chi connectivity index (χ1n) is 10.5. The number of likely N-dealkylation sites (tertiary alicyclic amines) is 1. The zero-order chi connectivity index (χ0) is 24.0. The average molecular weight is 463 g/mol. The van der Waals surface area contributed by atoms with Crippen molar-refractivity contribution in [3.05, 3.63) is 60.2 Å². The number of fused-ring (bicyclic) bond motifs is 2. The number of hydrogen-bond acceptors (Lipinski definition) is 7. The number of methoxy groups -OCH3 is 1. The summed E-state index contributed by atoms with van der Waals surface area (Å²) in [7, 11) is 1.36. The lowest BCUT2D eigenvalue weighted by Crippen LogP contribution is -2.67. The van der Waals surface area contributed by atoms with Gasteiger partial charge in [-0.2, -0.15) is 0 Å². The molecule has 174 valence electrons. The molecule has 0 atom stereocenters. The molecule has 11 heteroatoms. The van der Waals surface area contributed by atoms with Gasteiger partial charge in [-0.25, -0.2) is 14.4 Å². The number of carbonyl (C=O) groups excluding carboxylic acids is 2. The second kappa shape index (κ2) is 7.87. The number of carbonyl (C=O) groups is 2. The van der Waals surface area contributed by atoms with Gasteiger partial charge in [-0.3, -0.25) is 9.59 Å². The third kappa shape index (κ3) is 3.24. The van der Waals surface area contributed by atoms with Gasteiger partial charge in [-0.1, -0.05) is 12.6 Å². The van der Waals surface area contributed by atoms with E-state index in [1.807, 2.05) is 0 Å². The van der Waals surface area contributed by atoms with E-state index in [4.69, 9.17) is 10.5 Å². The highest BCUT2D eigenvalue weighted by molar-refractivity contribution is 6.07. The molecule has 2 amide bonds. The number of rotatable bonds is 5. The van der Waals surface area contributed by atoms with Gasteiger partial charge in [0.2, 0.25) is 11.9 Å². The first-order valence-corrected chi connectivity index (χ1v) is 10.5. The van der Waals surface area contributed by atoms with E-state index in [-0.39, 0.29) is 23.5 Å². The smallest absolute Gasteiger partial charge is 0.255 e. The van der Waals surface area contributed by atoms with Gasteiger partial charge in [0.1, 0.15) is 0 Å². The molecule has 1 fully saturated rings. The molecule has 10 nitrogen and oxygen atoms in total. The highest BCUT2D eigenvalue weighted by atomic mass is 19.1. The Balaban J connectivity index is 1.68. The van der Waals surface area contributed by atoms with Crippen LogP contribution in [-0.4, -0.2) is 58.4 Å². The number of benzene rings is 1. The first-order chi connectivity index (χ1) is 16.4. The van der Waals surface area contributed by atoms with Crippen molar-refractivity contribution in [1.82, 2.24) is 25.2 Å². The molecular weight excluding hydrogens is 441 g/mol. The van der Waals surface area contributed by atoms with E-state index >= 15 is 0 Å². The molecule has 5 rings (SSSR count). The maximum atomic E-state index is 14.4. The van der Waals surface area contributed by atoms with E-state index in [0.29, 0.717) is 53.7 Å². The number of ether oxygens (including phenoxy) is 1. The molecule has 2 aliphatic heterocycles. The highest BCUT2D eigenvalue weighted by Gasteiger charge is 2.52. The third-order valence-corrected chi connectivity index (χ3v) is 6.18. The molecule has 0 aliphatic carbocycles. The molecule has 34 heavy (non-hydrogen) atoms. The Hall–Kier alpha value is -4.41. The molecule has 0 saturated carbocycles. The van der Waals surface area contributed by atoms with Gasteiger partial charge >= 0.3 is 0 Å². The van der Waals surface area contributed by atoms with Crippen LogP contribution in [0.15, 0.2) is 43.1 Å². The van der Waals surface area contributed by atoms with Crippen LogP contribution in [0.2, 0.25) is 0 Å². The maximum Gasteiger partial charge on any atom is 0.255 e. The Morgan fingerprint density at radius 2 is 2.18 bits per heavy atom. The Kier molecular flexibility index (Phi) is 4.96. The Bertz CT molecular complexity index is 1330. The van der Waals surface area contributed by atoms with Gasteiger partial charge in [0.25, 0.3) is 5.91 Å². The van der Waals surface area contributed by atoms with Crippen molar-refractivity contribution in [2.75, 3.05) is 37.8 Å². The summed E-state index contributed by atoms with van der Waals surface area (Å²) in [4.78, 5) is 38.4. The topological polar surface area (TPSA) is 138 Å². The average Bonchev–Trinajstić information content (AvgIpc) is 3.18. The van der Waals surface area contributed by atoms with Crippen molar-refractivity contribution >= 4 is 29.1 Å². The number of anilines is 3. The van der Waals surface area contributed by atoms with Crippen molar-refractivity contribution in [2.24, 2.45) is 0 Å². The van der Waals surface area contributed by atoms with Gasteiger partial charge in [0.15, 0.2) is 11.6 Å². The monoisotopic (exact) mass is 463 g/mol. The summed E-state index contributed by atoms with van der Waals surface area (Å²) in [5.74, 6) is -0.977. The van der Waals surface area contributed by atoms with Crippen LogP contribution in [0.4, 0.5) is 21.7 Å². The van der Waals surface area contributed by atoms with E-state index in [9.17, 15) is 14.0 Å². The Labute approximate surface area is 194 Å². The number of para-hydroxylation sites is 1. The van der Waals surface area contributed by atoms with Crippen LogP contribution >= 0.6 is 0 Å². The van der Waals surface area contributed by atoms with Gasteiger partial charge in [-0.15, -0.1) is 0 Å². The highest BCUT2D eigenvalue weighted by Crippen LogP contribution is 2.45. The van der Waals surface area contributed by atoms with Crippen molar-refractivity contribution in [2.45, 2.75) is 5.41 Å². The minimum absolute atomic E-state index is 0.00271. The van der Waals surface area contributed by atoms with E-state index in [0.717, 1.165) is 0 Å². The lowest BCUT2D eigenvalue weighted by Gasteiger charge is -2.51. The number of halogens is 1. The van der Waals surface area contributed by atoms with E-state index in [1.165, 1.54) is 31.5 Å². The number of aromatic amines is 1. The van der Waals surface area contributed by atoms with Gasteiger partial charge in [0.05, 0.1) is 40.9 Å². The molecule has 3 aromatic rings. The molecule has 1 spiro atoms. The van der Waals surface area contributed by atoms with E-state index in [2.05, 4.69) is 32.2 Å². The van der Waals surface area contributed by atoms with Crippen molar-refractivity contribution < 1.29 is 18.7 Å². The van der Waals surface area contributed by atoms with E-state index < -0.39 is 11.2 Å². The predicted octanol–water partition coefficient (Wildman–Crippen LogP) is 1.95. The van der Waals surface area contributed by atoms with Crippen LogP contribution in [-0.2, 0) is 10.2 Å². The van der Waals surface area contributed by atoms with Gasteiger partial charge in [0, 0.05) is 31.5 Å². The summed E-state index contributed by atoms with van der Waals surface area (Å²) in [5, 5.41) is 6.09. The fourth-order valence-electron chi connectivity index (χ4n) is 4.57. The van der Waals surface area contributed by atoms with Crippen LogP contribution in [0.3, 0.4) is 0 Å². The van der Waals surface area contributed by atoms with Gasteiger partial charge in [-0.05, 0) is 24.3 Å². The lowest BCUT2D eigenvalue weighted by atomic mass is 9.73. The first kappa shape index (κ1) is 21.4. The fraction of sp³-hybridized carbons (Fsp3) is 0.217. The van der Waals surface area contributed by atoms with Crippen molar-refractivity contribution in [3.8, 4) is 17.1 Å². The number of nitrogens with one attached hydrogen (secondary N) is 3. The maximum absolute atomic E-state index is 14.4. The summed E-state index contributed by atoms with van der Waals surface area (Å²) < 4.78 is 19.6. The number of hydrogen-bond donors (Lipinski definition) is 4. The summed E-state index contributed by atoms with van der Waals surface area (Å²) in [6, 6.07) is 6.11. The Morgan fingerprint density at radius 1 is 1.38 bits per heavy atom. The molecule has 0 radical (unpaired) electrons. The molecule has 2 aliphatic rings. The predicted molar refractivity (Wildman–Crippen MR) is 123 cm³/mol. The zero-order valence-electron chi connectivity index (χ0n) is 18.3. The van der Waals surface area contributed by atoms with Crippen molar-refractivity contribution in [3.63, 3.8) is 0 Å². The van der Waals surface area contributed by atoms with Crippen molar-refractivity contribution in [1.29, 1.82) is 0 Å². The van der Waals surface area contributed by atoms with Crippen LogP contribution in [0.5, 0.6) is 5.75 Å². The number of nitrogen functional groups attached to an aromatic ring is 1. The number of amides is 2. The van der Waals surface area contributed by atoms with Crippen LogP contribution < -0.4 is 21.1 Å². The number of H-pyrrole nitrogens is 1. The standard InChI is InChI=1S/C23H22FN7O3/c1-3-15(32)31-10-23(11-31)9-27-21(33)16-18(28-14-6-4-5-12(24)19(14)34-2)17(30-20(16)23)13-7-8-26-22(25)29-13/h3-8,28,30H,1,9-11H2,2H3,(H,27,33)(H2,25,26,29). The minimum Gasteiger partial charge on any atom is -0.492 e. The summed E-state index contributed by atoms with van der Waals surface area (Å²) >= 11 is 0. The molecular formula is C23H22FN7O3. The SMILES string of the molecule is C=CC(=O)N1CC2(CNC(=O)c3c2[nH]c(-c2ccnc(N)n2)c3Nc2cccc(F)c2OC)C1. The molecule has 4 heterocycles. The number of nitrogens with zero attached hydrogens (tertiary/aromatic N) is 3. The second-order valence-electron chi connectivity index (χ2n) is 8.23. The van der Waals surface area contributed by atoms with Crippen LogP contribution in [0.1, 0.15) is 16.1 Å². The Morgan fingerprint density at radius 3 is 2.88 bits per heavy atom. The quantitative estimate of drug-likeness (QED) is 0.424. The molecule has 5 N–H and O–H groups in total. The molecule has 0 unspecified atom stereocenters. The third-order valence-electron chi connectivity index (χ3n) is 6.18. The summed E-state index contributed by atoms with van der Waals surface area (Å²) in [6.45, 7) is 4.70. The molecule has 1 aromatic carbocycles. The summed E-state index contributed by atoms with van der Waals surface area (Å²) in [5.41, 5.74) is 7.97. The fourth-order valence-corrected chi connectivity index (χ4v) is 4.57. The lowest BCUT2D eigenvalue weighted by molar-refractivity contribution is -0.133. The van der Waals surface area contributed by atoms with Crippen LogP contribution in [0, 0.1) is 5.82 Å². The van der Waals surface area contributed by atoms with E-state index in [1.54, 1.807) is 17.0 Å². The number of nitrogens with two attached hydrogens (primary N) is 1. The van der Waals surface area contributed by atoms with Crippen LogP contribution in [0.25, 0.3) is 11.4 Å². The minimum atomic E-state index is -0.553. The van der Waals surface area contributed by atoms with Gasteiger partial charge < -0.3 is 31.0 Å². The number of aromatic nitrogens is 3. The largest absolute Gasteiger partial charge is 0.492 e. The normalized spacial score (nSPS) is 15.8. The molecule has 1 saturated heterocycles. The molecule has 2 aromatic heterocycles. The second-order valence-corrected chi connectivity index (χ2v) is 8.23. The summed E-state index contributed by atoms with van der Waals surface area (Å²) in [6.07, 6.45) is 2.77.